The average Bonchev–Trinajstić information content (AvgIpc) is 3.05. The fraction of sp³-hybridized carbons (Fsp3) is 0.111. The van der Waals surface area contributed by atoms with Gasteiger partial charge in [-0.2, -0.15) is 9.97 Å². The van der Waals surface area contributed by atoms with Gasteiger partial charge in [-0.1, -0.05) is 0 Å². The third-order valence-electron chi connectivity index (χ3n) is 4.06. The Morgan fingerprint density at radius 3 is 2.65 bits per heavy atom. The number of esters is 1. The van der Waals surface area contributed by atoms with Crippen molar-refractivity contribution in [3.63, 3.8) is 0 Å². The van der Waals surface area contributed by atoms with E-state index in [-0.39, 0.29) is 11.9 Å². The number of hydrogen-bond donors (Lipinski definition) is 2. The number of ether oxygens (including phenoxy) is 1. The zero-order valence-electron chi connectivity index (χ0n) is 14.0. The number of carbonyl (C=O) groups is 1. The Morgan fingerprint density at radius 2 is 1.92 bits per heavy atom. The Morgan fingerprint density at radius 1 is 1.15 bits per heavy atom. The lowest BCUT2D eigenvalue weighted by Gasteiger charge is -2.05. The average molecular weight is 348 g/mol. The Kier molecular flexibility index (Phi) is 3.65. The number of nitrogen functional groups attached to an aromatic ring is 2. The summed E-state index contributed by atoms with van der Waals surface area (Å²) in [5.41, 5.74) is 13.5. The van der Waals surface area contributed by atoms with E-state index in [1.54, 1.807) is 25.3 Å². The quantitative estimate of drug-likeness (QED) is 0.545. The van der Waals surface area contributed by atoms with Crippen LogP contribution < -0.4 is 11.5 Å². The van der Waals surface area contributed by atoms with Crippen LogP contribution in [-0.2, 0) is 4.74 Å². The third kappa shape index (κ3) is 2.57. The molecule has 8 heteroatoms. The van der Waals surface area contributed by atoms with E-state index >= 15 is 0 Å². The maximum Gasteiger partial charge on any atom is 0.338 e. The Balaban J connectivity index is 1.80. The molecule has 0 fully saturated rings. The molecule has 0 aliphatic rings. The fourth-order valence-corrected chi connectivity index (χ4v) is 2.88. The number of anilines is 2. The van der Waals surface area contributed by atoms with E-state index in [1.165, 1.54) is 0 Å². The van der Waals surface area contributed by atoms with E-state index in [9.17, 15) is 4.79 Å². The second-order valence-electron chi connectivity index (χ2n) is 5.73. The molecule has 4 aromatic rings. The molecule has 1 aromatic carbocycles. The van der Waals surface area contributed by atoms with Crippen molar-refractivity contribution in [1.82, 2.24) is 19.5 Å². The number of pyridine rings is 1. The molecular weight excluding hydrogens is 332 g/mol. The normalized spacial score (nSPS) is 11.1. The summed E-state index contributed by atoms with van der Waals surface area (Å²) < 4.78 is 6.93. The molecular formula is C18H16N6O2. The van der Waals surface area contributed by atoms with Gasteiger partial charge in [-0.25, -0.2) is 9.78 Å². The Hall–Kier alpha value is -3.68. The molecule has 0 saturated heterocycles. The van der Waals surface area contributed by atoms with Crippen molar-refractivity contribution in [3.8, 4) is 5.69 Å². The SMILES string of the molecule is CCOC(=O)c1ccc(-n2cc3cnc4nc(N)nc(N)c4c3c2)cc1. The first-order valence-electron chi connectivity index (χ1n) is 8.04. The molecule has 0 unspecified atom stereocenters. The van der Waals surface area contributed by atoms with Crippen LogP contribution in [0.4, 0.5) is 11.8 Å². The van der Waals surface area contributed by atoms with Crippen LogP contribution in [-0.4, -0.2) is 32.1 Å². The minimum absolute atomic E-state index is 0.0934. The monoisotopic (exact) mass is 348 g/mol. The highest BCUT2D eigenvalue weighted by Crippen LogP contribution is 2.28. The van der Waals surface area contributed by atoms with Gasteiger partial charge in [0.2, 0.25) is 5.95 Å². The molecule has 0 radical (unpaired) electrons. The van der Waals surface area contributed by atoms with E-state index in [0.29, 0.717) is 29.0 Å². The van der Waals surface area contributed by atoms with Gasteiger partial charge in [0, 0.05) is 35.1 Å². The molecule has 3 aromatic heterocycles. The molecule has 0 aliphatic carbocycles. The Labute approximate surface area is 148 Å². The van der Waals surface area contributed by atoms with E-state index < -0.39 is 0 Å². The van der Waals surface area contributed by atoms with Crippen molar-refractivity contribution < 1.29 is 9.53 Å². The molecule has 0 saturated carbocycles. The first-order chi connectivity index (χ1) is 12.6. The summed E-state index contributed by atoms with van der Waals surface area (Å²) in [6.45, 7) is 2.12. The van der Waals surface area contributed by atoms with Crippen LogP contribution in [0.25, 0.3) is 27.5 Å². The van der Waals surface area contributed by atoms with Crippen molar-refractivity contribution in [2.24, 2.45) is 0 Å². The summed E-state index contributed by atoms with van der Waals surface area (Å²) in [6, 6.07) is 7.15. The van der Waals surface area contributed by atoms with E-state index in [2.05, 4.69) is 15.0 Å². The summed E-state index contributed by atoms with van der Waals surface area (Å²) >= 11 is 0. The molecule has 8 nitrogen and oxygen atoms in total. The van der Waals surface area contributed by atoms with Gasteiger partial charge in [0.15, 0.2) is 5.65 Å². The standard InChI is InChI=1S/C18H16N6O2/c1-2-26-17(25)10-3-5-12(6-4-10)24-8-11-7-21-16-14(13(11)9-24)15(19)22-18(20)23-16/h3-9H,2H2,1H3,(H4,19,20,22,23). The van der Waals surface area contributed by atoms with Gasteiger partial charge in [-0.15, -0.1) is 0 Å². The number of carbonyl (C=O) groups excluding carboxylic acids is 1. The lowest BCUT2D eigenvalue weighted by atomic mass is 10.2. The van der Waals surface area contributed by atoms with Crippen molar-refractivity contribution in [2.75, 3.05) is 18.1 Å². The minimum Gasteiger partial charge on any atom is -0.462 e. The number of hydrogen-bond acceptors (Lipinski definition) is 7. The number of benzene rings is 1. The lowest BCUT2D eigenvalue weighted by molar-refractivity contribution is 0.0526. The number of nitrogens with zero attached hydrogens (tertiary/aromatic N) is 4. The van der Waals surface area contributed by atoms with E-state index in [1.807, 2.05) is 29.1 Å². The third-order valence-corrected chi connectivity index (χ3v) is 4.06. The lowest BCUT2D eigenvalue weighted by Crippen LogP contribution is -2.04. The van der Waals surface area contributed by atoms with Gasteiger partial charge in [0.25, 0.3) is 0 Å². The van der Waals surface area contributed by atoms with Crippen LogP contribution in [0.3, 0.4) is 0 Å². The molecule has 0 aliphatic heterocycles. The molecule has 0 bridgehead atoms. The highest BCUT2D eigenvalue weighted by atomic mass is 16.5. The second-order valence-corrected chi connectivity index (χ2v) is 5.73. The first-order valence-corrected chi connectivity index (χ1v) is 8.04. The molecule has 0 amide bonds. The maximum absolute atomic E-state index is 11.8. The molecule has 3 heterocycles. The van der Waals surface area contributed by atoms with Gasteiger partial charge in [0.1, 0.15) is 5.82 Å². The van der Waals surface area contributed by atoms with Crippen molar-refractivity contribution >= 4 is 39.5 Å². The van der Waals surface area contributed by atoms with Crippen molar-refractivity contribution in [3.05, 3.63) is 48.4 Å². The van der Waals surface area contributed by atoms with Crippen LogP contribution in [0.15, 0.2) is 42.9 Å². The molecule has 4 rings (SSSR count). The van der Waals surface area contributed by atoms with Gasteiger partial charge in [-0.05, 0) is 31.2 Å². The topological polar surface area (TPSA) is 122 Å². The van der Waals surface area contributed by atoms with Crippen molar-refractivity contribution in [2.45, 2.75) is 6.92 Å². The number of rotatable bonds is 3. The van der Waals surface area contributed by atoms with Crippen LogP contribution >= 0.6 is 0 Å². The van der Waals surface area contributed by atoms with Gasteiger partial charge < -0.3 is 20.8 Å². The van der Waals surface area contributed by atoms with Crippen molar-refractivity contribution in [1.29, 1.82) is 0 Å². The highest BCUT2D eigenvalue weighted by molar-refractivity contribution is 6.09. The summed E-state index contributed by atoms with van der Waals surface area (Å²) in [5, 5.41) is 2.44. The van der Waals surface area contributed by atoms with Crippen LogP contribution in [0.5, 0.6) is 0 Å². The predicted octanol–water partition coefficient (Wildman–Crippen LogP) is 2.31. The van der Waals surface area contributed by atoms with Crippen LogP contribution in [0.1, 0.15) is 17.3 Å². The number of fused-ring (bicyclic) bond motifs is 3. The molecule has 26 heavy (non-hydrogen) atoms. The van der Waals surface area contributed by atoms with Crippen LogP contribution in [0, 0.1) is 0 Å². The molecule has 0 spiro atoms. The van der Waals surface area contributed by atoms with Gasteiger partial charge in [-0.3, -0.25) is 0 Å². The summed E-state index contributed by atoms with van der Waals surface area (Å²) in [4.78, 5) is 24.2. The first kappa shape index (κ1) is 15.8. The Bertz CT molecular complexity index is 1130. The van der Waals surface area contributed by atoms with Gasteiger partial charge in [0.05, 0.1) is 17.6 Å². The summed E-state index contributed by atoms with van der Waals surface area (Å²) in [6.07, 6.45) is 5.57. The fourth-order valence-electron chi connectivity index (χ4n) is 2.88. The van der Waals surface area contributed by atoms with Gasteiger partial charge >= 0.3 is 5.97 Å². The molecule has 130 valence electrons. The minimum atomic E-state index is -0.338. The van der Waals surface area contributed by atoms with E-state index in [4.69, 9.17) is 16.2 Å². The van der Waals surface area contributed by atoms with Crippen LogP contribution in [0.2, 0.25) is 0 Å². The molecule has 0 atom stereocenters. The summed E-state index contributed by atoms with van der Waals surface area (Å²) in [5.74, 6) is 0.0475. The highest BCUT2D eigenvalue weighted by Gasteiger charge is 2.12. The number of nitrogens with two attached hydrogens (primary N) is 2. The predicted molar refractivity (Wildman–Crippen MR) is 98.9 cm³/mol. The smallest absolute Gasteiger partial charge is 0.338 e. The second kappa shape index (κ2) is 5.99. The summed E-state index contributed by atoms with van der Waals surface area (Å²) in [7, 11) is 0. The maximum atomic E-state index is 11.8. The van der Waals surface area contributed by atoms with E-state index in [0.717, 1.165) is 16.5 Å². The zero-order chi connectivity index (χ0) is 18.3. The largest absolute Gasteiger partial charge is 0.462 e. The number of aromatic nitrogens is 4. The molecule has 4 N–H and O–H groups in total. The zero-order valence-corrected chi connectivity index (χ0v) is 14.0.